The number of nitrogens with one attached hydrogen (secondary N) is 1. The maximum absolute atomic E-state index is 12.4. The van der Waals surface area contributed by atoms with Gasteiger partial charge in [0.15, 0.2) is 0 Å². The standard InChI is InChI=1S/C10H16BrN3O2S/c1-8-10(6-12-13-8)17(15,16)14-4-2-3-9(5-11)7-14/h6,9H,2-5,7H2,1H3,(H,12,13). The Kier molecular flexibility index (Phi) is 3.89. The van der Waals surface area contributed by atoms with E-state index in [2.05, 4.69) is 26.1 Å². The summed E-state index contributed by atoms with van der Waals surface area (Å²) in [6, 6.07) is 0. The van der Waals surface area contributed by atoms with Crippen LogP contribution >= 0.6 is 15.9 Å². The van der Waals surface area contributed by atoms with Crippen LogP contribution in [0.25, 0.3) is 0 Å². The molecular formula is C10H16BrN3O2S. The first-order valence-corrected chi connectivity index (χ1v) is 8.18. The van der Waals surface area contributed by atoms with Gasteiger partial charge in [-0.3, -0.25) is 5.10 Å². The summed E-state index contributed by atoms with van der Waals surface area (Å²) in [5.41, 5.74) is 0.603. The van der Waals surface area contributed by atoms with Gasteiger partial charge in [-0.2, -0.15) is 9.40 Å². The molecule has 0 radical (unpaired) electrons. The molecule has 0 aliphatic carbocycles. The molecule has 1 unspecified atom stereocenters. The van der Waals surface area contributed by atoms with Gasteiger partial charge < -0.3 is 0 Å². The second-order valence-corrected chi connectivity index (χ2v) is 6.94. The van der Waals surface area contributed by atoms with Crippen LogP contribution in [0.2, 0.25) is 0 Å². The third kappa shape index (κ3) is 2.56. The number of H-pyrrole nitrogens is 1. The first kappa shape index (κ1) is 13.0. The lowest BCUT2D eigenvalue weighted by molar-refractivity contribution is 0.285. The van der Waals surface area contributed by atoms with Gasteiger partial charge in [-0.15, -0.1) is 0 Å². The topological polar surface area (TPSA) is 66.1 Å². The van der Waals surface area contributed by atoms with E-state index in [1.165, 1.54) is 6.20 Å². The number of halogens is 1. The highest BCUT2D eigenvalue weighted by Crippen LogP contribution is 2.25. The Morgan fingerprint density at radius 3 is 3.00 bits per heavy atom. The zero-order valence-corrected chi connectivity index (χ0v) is 12.1. The van der Waals surface area contributed by atoms with E-state index < -0.39 is 10.0 Å². The summed E-state index contributed by atoms with van der Waals surface area (Å²) < 4.78 is 26.3. The van der Waals surface area contributed by atoms with Crippen molar-refractivity contribution in [3.63, 3.8) is 0 Å². The maximum Gasteiger partial charge on any atom is 0.246 e. The van der Waals surface area contributed by atoms with E-state index in [9.17, 15) is 8.42 Å². The number of hydrogen-bond acceptors (Lipinski definition) is 3. The molecule has 1 saturated heterocycles. The minimum Gasteiger partial charge on any atom is -0.281 e. The molecule has 0 saturated carbocycles. The molecule has 1 aromatic heterocycles. The van der Waals surface area contributed by atoms with Crippen molar-refractivity contribution in [2.75, 3.05) is 18.4 Å². The molecular weight excluding hydrogens is 306 g/mol. The van der Waals surface area contributed by atoms with Gasteiger partial charge in [-0.1, -0.05) is 15.9 Å². The van der Waals surface area contributed by atoms with Gasteiger partial charge in [0.2, 0.25) is 10.0 Å². The molecule has 7 heteroatoms. The van der Waals surface area contributed by atoms with Crippen molar-refractivity contribution in [1.29, 1.82) is 0 Å². The van der Waals surface area contributed by atoms with E-state index in [0.717, 1.165) is 18.2 Å². The van der Waals surface area contributed by atoms with Gasteiger partial charge in [0.1, 0.15) is 4.90 Å². The first-order valence-electron chi connectivity index (χ1n) is 5.61. The third-order valence-corrected chi connectivity index (χ3v) is 6.00. The van der Waals surface area contributed by atoms with Gasteiger partial charge in [0, 0.05) is 18.4 Å². The zero-order chi connectivity index (χ0) is 12.5. The molecule has 1 N–H and O–H groups in total. The average molecular weight is 322 g/mol. The highest BCUT2D eigenvalue weighted by Gasteiger charge is 2.31. The van der Waals surface area contributed by atoms with Crippen LogP contribution in [0.15, 0.2) is 11.1 Å². The second-order valence-electron chi connectivity index (χ2n) is 4.38. The van der Waals surface area contributed by atoms with Crippen molar-refractivity contribution < 1.29 is 8.42 Å². The van der Waals surface area contributed by atoms with Gasteiger partial charge in [-0.05, 0) is 25.7 Å². The number of alkyl halides is 1. The monoisotopic (exact) mass is 321 g/mol. The molecule has 1 fully saturated rings. The summed E-state index contributed by atoms with van der Waals surface area (Å²) in [6.45, 7) is 2.93. The van der Waals surface area contributed by atoms with E-state index in [0.29, 0.717) is 29.6 Å². The highest BCUT2D eigenvalue weighted by molar-refractivity contribution is 9.09. The molecule has 1 aliphatic heterocycles. The van der Waals surface area contributed by atoms with Crippen LogP contribution < -0.4 is 0 Å². The molecule has 0 bridgehead atoms. The fourth-order valence-electron chi connectivity index (χ4n) is 2.11. The van der Waals surface area contributed by atoms with E-state index in [4.69, 9.17) is 0 Å². The van der Waals surface area contributed by atoms with Crippen molar-refractivity contribution >= 4 is 26.0 Å². The number of aryl methyl sites for hydroxylation is 1. The lowest BCUT2D eigenvalue weighted by atomic mass is 10.0. The van der Waals surface area contributed by atoms with Gasteiger partial charge in [0.05, 0.1) is 11.9 Å². The fraction of sp³-hybridized carbons (Fsp3) is 0.700. The molecule has 2 heterocycles. The largest absolute Gasteiger partial charge is 0.281 e. The van der Waals surface area contributed by atoms with E-state index >= 15 is 0 Å². The predicted octanol–water partition coefficient (Wildman–Crippen LogP) is 1.51. The maximum atomic E-state index is 12.4. The van der Waals surface area contributed by atoms with Crippen LogP contribution in [-0.2, 0) is 10.0 Å². The van der Waals surface area contributed by atoms with Crippen LogP contribution in [0.3, 0.4) is 0 Å². The molecule has 1 aliphatic rings. The summed E-state index contributed by atoms with van der Waals surface area (Å²) in [7, 11) is -3.37. The Labute approximate surface area is 110 Å². The van der Waals surface area contributed by atoms with Crippen LogP contribution in [0, 0.1) is 12.8 Å². The molecule has 0 amide bonds. The van der Waals surface area contributed by atoms with Crippen LogP contribution in [-0.4, -0.2) is 41.3 Å². The Morgan fingerprint density at radius 1 is 1.65 bits per heavy atom. The summed E-state index contributed by atoms with van der Waals surface area (Å²) in [5.74, 6) is 0.408. The minimum atomic E-state index is -3.37. The SMILES string of the molecule is Cc1[nH]ncc1S(=O)(=O)N1CCCC(CBr)C1. The number of aromatic nitrogens is 2. The quantitative estimate of drug-likeness (QED) is 0.858. The van der Waals surface area contributed by atoms with Crippen molar-refractivity contribution in [3.8, 4) is 0 Å². The smallest absolute Gasteiger partial charge is 0.246 e. The normalized spacial score (nSPS) is 22.8. The molecule has 96 valence electrons. The summed E-state index contributed by atoms with van der Waals surface area (Å²) in [5, 5.41) is 7.31. The van der Waals surface area contributed by atoms with Crippen LogP contribution in [0.4, 0.5) is 0 Å². The summed E-state index contributed by atoms with van der Waals surface area (Å²) in [6.07, 6.45) is 3.40. The second kappa shape index (κ2) is 5.07. The Hall–Kier alpha value is -0.400. The van der Waals surface area contributed by atoms with Crippen LogP contribution in [0.1, 0.15) is 18.5 Å². The van der Waals surface area contributed by atoms with Gasteiger partial charge >= 0.3 is 0 Å². The number of sulfonamides is 1. The molecule has 0 aromatic carbocycles. The molecule has 0 spiro atoms. The number of piperidine rings is 1. The number of nitrogens with zero attached hydrogens (tertiary/aromatic N) is 2. The lowest BCUT2D eigenvalue weighted by Gasteiger charge is -2.30. The summed E-state index contributed by atoms with van der Waals surface area (Å²) >= 11 is 3.43. The Morgan fingerprint density at radius 2 is 2.41 bits per heavy atom. The van der Waals surface area contributed by atoms with Gasteiger partial charge in [0.25, 0.3) is 0 Å². The number of aromatic amines is 1. The molecule has 5 nitrogen and oxygen atoms in total. The third-order valence-electron chi connectivity index (χ3n) is 3.10. The molecule has 1 aromatic rings. The number of hydrogen-bond donors (Lipinski definition) is 1. The van der Waals surface area contributed by atoms with Crippen LogP contribution in [0.5, 0.6) is 0 Å². The molecule has 1 atom stereocenters. The molecule has 17 heavy (non-hydrogen) atoms. The lowest BCUT2D eigenvalue weighted by Crippen LogP contribution is -2.40. The first-order chi connectivity index (χ1) is 8.05. The Balaban J connectivity index is 2.24. The predicted molar refractivity (Wildman–Crippen MR) is 68.6 cm³/mol. The van der Waals surface area contributed by atoms with Crippen molar-refractivity contribution in [3.05, 3.63) is 11.9 Å². The number of rotatable bonds is 3. The van der Waals surface area contributed by atoms with Crippen molar-refractivity contribution in [2.24, 2.45) is 5.92 Å². The highest BCUT2D eigenvalue weighted by atomic mass is 79.9. The van der Waals surface area contributed by atoms with Crippen molar-refractivity contribution in [1.82, 2.24) is 14.5 Å². The van der Waals surface area contributed by atoms with Gasteiger partial charge in [-0.25, -0.2) is 8.42 Å². The minimum absolute atomic E-state index is 0.299. The molecule has 2 rings (SSSR count). The average Bonchev–Trinajstić information content (AvgIpc) is 2.76. The zero-order valence-electron chi connectivity index (χ0n) is 9.69. The fourth-order valence-corrected chi connectivity index (χ4v) is 4.31. The van der Waals surface area contributed by atoms with Crippen molar-refractivity contribution in [2.45, 2.75) is 24.7 Å². The Bertz CT molecular complexity index is 485. The van der Waals surface area contributed by atoms with E-state index in [-0.39, 0.29) is 0 Å². The van der Waals surface area contributed by atoms with E-state index in [1.54, 1.807) is 11.2 Å². The summed E-state index contributed by atoms with van der Waals surface area (Å²) in [4.78, 5) is 0.299. The van der Waals surface area contributed by atoms with E-state index in [1.807, 2.05) is 0 Å².